The maximum Gasteiger partial charge on any atom is 0.416 e. The number of aliphatic carboxylic acids is 1. The van der Waals surface area contributed by atoms with Gasteiger partial charge >= 0.3 is 12.1 Å². The fraction of sp³-hybridized carbons (Fsp3) is 0.529. The summed E-state index contributed by atoms with van der Waals surface area (Å²) in [4.78, 5) is 44.1. The number of carbonyl (C=O) groups is 3. The molecule has 1 saturated carbocycles. The number of nitrogens with zero attached hydrogens (tertiary/aromatic N) is 2. The molecule has 2 aliphatic rings. The molecular weight excluding hydrogens is 557 g/mol. The number of hydrogen-bond donors (Lipinski definition) is 1. The second kappa shape index (κ2) is 12.6. The number of Topliss-reactive ketones (excluding diaryl/α,β-unsaturated/α-hetero) is 1. The molecule has 1 heterocycles. The van der Waals surface area contributed by atoms with Crippen molar-refractivity contribution >= 4 is 23.4 Å². The average molecular weight is 599 g/mol. The molecular formula is C34H41F3N2O4. The van der Waals surface area contributed by atoms with E-state index in [0.717, 1.165) is 30.5 Å². The molecule has 4 rings (SSSR count). The van der Waals surface area contributed by atoms with Crippen LogP contribution < -0.4 is 0 Å². The number of aliphatic imine (C=N–C) groups is 1. The molecule has 6 nitrogen and oxygen atoms in total. The third-order valence-corrected chi connectivity index (χ3v) is 9.06. The van der Waals surface area contributed by atoms with Crippen LogP contribution in [0.4, 0.5) is 13.2 Å². The Morgan fingerprint density at radius 2 is 1.63 bits per heavy atom. The van der Waals surface area contributed by atoms with Gasteiger partial charge in [0.1, 0.15) is 11.4 Å². The summed E-state index contributed by atoms with van der Waals surface area (Å²) >= 11 is 0. The van der Waals surface area contributed by atoms with Crippen LogP contribution >= 0.6 is 0 Å². The Hall–Kier alpha value is -3.49. The zero-order chi connectivity index (χ0) is 31.6. The summed E-state index contributed by atoms with van der Waals surface area (Å²) in [7, 11) is 0. The van der Waals surface area contributed by atoms with Crippen molar-refractivity contribution in [3.8, 4) is 0 Å². The SMILES string of the molecule is C[C@H](c1ccc(C(=O)CCCCCC(=O)O)cc1)N1C(=O)C(c2cccc(C(F)(F)F)c2)=NC12CCC(C(C)(C)C)CC2. The van der Waals surface area contributed by atoms with Crippen molar-refractivity contribution < 1.29 is 32.7 Å². The molecule has 1 spiro atoms. The molecule has 232 valence electrons. The van der Waals surface area contributed by atoms with Crippen LogP contribution in [-0.4, -0.2) is 39.0 Å². The van der Waals surface area contributed by atoms with E-state index in [9.17, 15) is 27.6 Å². The van der Waals surface area contributed by atoms with E-state index in [-0.39, 0.29) is 34.8 Å². The third kappa shape index (κ3) is 7.36. The van der Waals surface area contributed by atoms with Gasteiger partial charge in [-0.05, 0) is 74.5 Å². The van der Waals surface area contributed by atoms with E-state index in [2.05, 4.69) is 20.8 Å². The Balaban J connectivity index is 1.58. The lowest BCUT2D eigenvalue weighted by molar-refractivity contribution is -0.138. The van der Waals surface area contributed by atoms with Crippen LogP contribution in [0.3, 0.4) is 0 Å². The summed E-state index contributed by atoms with van der Waals surface area (Å²) in [5.41, 5.74) is -0.0101. The molecule has 43 heavy (non-hydrogen) atoms. The number of unbranched alkanes of at least 4 members (excludes halogenated alkanes) is 2. The number of carboxylic acid groups (broad SMARTS) is 1. The summed E-state index contributed by atoms with van der Waals surface area (Å²) in [5, 5.41) is 8.76. The number of halogens is 3. The minimum Gasteiger partial charge on any atom is -0.481 e. The summed E-state index contributed by atoms with van der Waals surface area (Å²) in [6.07, 6.45) is 0.614. The van der Waals surface area contributed by atoms with Crippen LogP contribution in [0, 0.1) is 11.3 Å². The fourth-order valence-corrected chi connectivity index (χ4v) is 6.46. The van der Waals surface area contributed by atoms with Crippen molar-refractivity contribution in [3.05, 3.63) is 70.8 Å². The highest BCUT2D eigenvalue weighted by Crippen LogP contribution is 2.49. The van der Waals surface area contributed by atoms with Crippen LogP contribution in [0.15, 0.2) is 53.5 Å². The minimum absolute atomic E-state index is 0.0288. The van der Waals surface area contributed by atoms with Crippen molar-refractivity contribution in [3.63, 3.8) is 0 Å². The Kier molecular flexibility index (Phi) is 9.52. The second-order valence-electron chi connectivity index (χ2n) is 13.0. The van der Waals surface area contributed by atoms with E-state index in [4.69, 9.17) is 10.1 Å². The molecule has 9 heteroatoms. The topological polar surface area (TPSA) is 87.0 Å². The molecule has 0 aromatic heterocycles. The second-order valence-corrected chi connectivity index (χ2v) is 13.0. The predicted octanol–water partition coefficient (Wildman–Crippen LogP) is 8.25. The quantitative estimate of drug-likeness (QED) is 0.220. The van der Waals surface area contributed by atoms with E-state index in [1.54, 1.807) is 17.0 Å². The number of carboxylic acids is 1. The number of ketones is 1. The Morgan fingerprint density at radius 1 is 1.00 bits per heavy atom. The number of carbonyl (C=O) groups excluding carboxylic acids is 2. The van der Waals surface area contributed by atoms with Crippen molar-refractivity contribution in [2.45, 2.75) is 103 Å². The molecule has 0 saturated heterocycles. The van der Waals surface area contributed by atoms with Gasteiger partial charge in [-0.15, -0.1) is 0 Å². The first-order valence-corrected chi connectivity index (χ1v) is 15.1. The molecule has 1 aliphatic carbocycles. The fourth-order valence-electron chi connectivity index (χ4n) is 6.46. The predicted molar refractivity (Wildman–Crippen MR) is 159 cm³/mol. The van der Waals surface area contributed by atoms with E-state index >= 15 is 0 Å². The van der Waals surface area contributed by atoms with Gasteiger partial charge in [-0.2, -0.15) is 13.2 Å². The number of alkyl halides is 3. The lowest BCUT2D eigenvalue weighted by Gasteiger charge is -2.46. The summed E-state index contributed by atoms with van der Waals surface area (Å²) in [6, 6.07) is 11.5. The summed E-state index contributed by atoms with van der Waals surface area (Å²) in [5.74, 6) is -0.821. The standard InChI is InChI=1S/C34H41F3N2O4/c1-22(23-13-15-24(16-14-23)28(40)11-6-5-7-12-29(41)42)39-31(43)30(25-9-8-10-27(21-25)34(35,36)37)38-33(39)19-17-26(18-20-33)32(2,3)4/h8-10,13-16,21-22,26H,5-7,11-12,17-20H2,1-4H3,(H,41,42)/t22-,26?,33?/m1/s1. The molecule has 1 N–H and O–H groups in total. The molecule has 0 unspecified atom stereocenters. The van der Waals surface area contributed by atoms with Gasteiger partial charge in [0.15, 0.2) is 5.78 Å². The zero-order valence-electron chi connectivity index (χ0n) is 25.3. The number of benzene rings is 2. The first-order chi connectivity index (χ1) is 20.1. The highest BCUT2D eigenvalue weighted by atomic mass is 19.4. The third-order valence-electron chi connectivity index (χ3n) is 9.06. The zero-order valence-corrected chi connectivity index (χ0v) is 25.3. The maximum atomic E-state index is 14.0. The Bertz CT molecular complexity index is 1370. The van der Waals surface area contributed by atoms with Crippen molar-refractivity contribution in [2.75, 3.05) is 0 Å². The molecule has 2 aromatic carbocycles. The van der Waals surface area contributed by atoms with Gasteiger partial charge < -0.3 is 10.0 Å². The monoisotopic (exact) mass is 598 g/mol. The van der Waals surface area contributed by atoms with Gasteiger partial charge in [0.25, 0.3) is 5.91 Å². The smallest absolute Gasteiger partial charge is 0.416 e. The number of hydrogen-bond acceptors (Lipinski definition) is 4. The lowest BCUT2D eigenvalue weighted by Crippen LogP contribution is -2.50. The van der Waals surface area contributed by atoms with E-state index in [1.165, 1.54) is 12.1 Å². The van der Waals surface area contributed by atoms with E-state index in [1.807, 2.05) is 19.1 Å². The highest BCUT2D eigenvalue weighted by molar-refractivity contribution is 6.46. The molecule has 2 aromatic rings. The van der Waals surface area contributed by atoms with E-state index in [0.29, 0.717) is 50.0 Å². The summed E-state index contributed by atoms with van der Waals surface area (Å²) in [6.45, 7) is 8.50. The van der Waals surface area contributed by atoms with Gasteiger partial charge in [-0.1, -0.05) is 63.6 Å². The number of rotatable bonds is 10. The van der Waals surface area contributed by atoms with Crippen molar-refractivity contribution in [1.29, 1.82) is 0 Å². The van der Waals surface area contributed by atoms with Crippen LogP contribution in [0.2, 0.25) is 0 Å². The molecule has 1 amide bonds. The maximum absolute atomic E-state index is 14.0. The van der Waals surface area contributed by atoms with Crippen LogP contribution in [0.1, 0.15) is 119 Å². The van der Waals surface area contributed by atoms with Crippen LogP contribution in [0.25, 0.3) is 0 Å². The van der Waals surface area contributed by atoms with Gasteiger partial charge in [0, 0.05) is 24.0 Å². The Morgan fingerprint density at radius 3 is 2.21 bits per heavy atom. The molecule has 0 radical (unpaired) electrons. The van der Waals surface area contributed by atoms with Crippen molar-refractivity contribution in [1.82, 2.24) is 4.90 Å². The first-order valence-electron chi connectivity index (χ1n) is 15.1. The lowest BCUT2D eigenvalue weighted by atomic mass is 9.69. The van der Waals surface area contributed by atoms with Gasteiger partial charge in [0.05, 0.1) is 11.6 Å². The van der Waals surface area contributed by atoms with Gasteiger partial charge in [-0.3, -0.25) is 19.4 Å². The van der Waals surface area contributed by atoms with Crippen molar-refractivity contribution in [2.24, 2.45) is 16.3 Å². The molecule has 0 bridgehead atoms. The summed E-state index contributed by atoms with van der Waals surface area (Å²) < 4.78 is 40.6. The highest BCUT2D eigenvalue weighted by Gasteiger charge is 2.52. The van der Waals surface area contributed by atoms with Crippen LogP contribution in [0.5, 0.6) is 0 Å². The average Bonchev–Trinajstić information content (AvgIpc) is 3.22. The van der Waals surface area contributed by atoms with Crippen LogP contribution in [-0.2, 0) is 15.8 Å². The number of amides is 1. The minimum atomic E-state index is -4.54. The van der Waals surface area contributed by atoms with E-state index < -0.39 is 29.4 Å². The Labute approximate surface area is 251 Å². The first kappa shape index (κ1) is 32.4. The normalized spacial score (nSPS) is 21.7. The molecule has 1 atom stereocenters. The van der Waals surface area contributed by atoms with Gasteiger partial charge in [0.2, 0.25) is 0 Å². The van der Waals surface area contributed by atoms with Gasteiger partial charge in [-0.25, -0.2) is 0 Å². The molecule has 1 fully saturated rings. The largest absolute Gasteiger partial charge is 0.481 e. The molecule has 1 aliphatic heterocycles.